The molecule has 3 N–H and O–H groups in total. The molecule has 0 spiro atoms. The SMILES string of the molecule is NCc1ccc(CNC2CCc3cccnc3C2)cc1. The number of nitrogens with two attached hydrogens (primary N) is 1. The summed E-state index contributed by atoms with van der Waals surface area (Å²) in [5.41, 5.74) is 10.8. The molecular weight excluding hydrogens is 246 g/mol. The fourth-order valence-electron chi connectivity index (χ4n) is 2.78. The Balaban J connectivity index is 1.57. The molecule has 3 heteroatoms. The van der Waals surface area contributed by atoms with Gasteiger partial charge in [-0.1, -0.05) is 30.3 Å². The van der Waals surface area contributed by atoms with Gasteiger partial charge < -0.3 is 11.1 Å². The molecule has 0 radical (unpaired) electrons. The van der Waals surface area contributed by atoms with E-state index in [2.05, 4.69) is 40.6 Å². The van der Waals surface area contributed by atoms with Gasteiger partial charge in [-0.3, -0.25) is 4.98 Å². The van der Waals surface area contributed by atoms with Crippen LogP contribution in [-0.2, 0) is 25.9 Å². The van der Waals surface area contributed by atoms with Crippen molar-refractivity contribution < 1.29 is 0 Å². The summed E-state index contributed by atoms with van der Waals surface area (Å²) in [4.78, 5) is 4.49. The summed E-state index contributed by atoms with van der Waals surface area (Å²) in [6, 6.07) is 13.3. The van der Waals surface area contributed by atoms with Crippen molar-refractivity contribution in [3.8, 4) is 0 Å². The Hall–Kier alpha value is -1.71. The normalized spacial score (nSPS) is 17.8. The van der Waals surface area contributed by atoms with Crippen LogP contribution in [0.4, 0.5) is 0 Å². The number of nitrogens with one attached hydrogen (secondary N) is 1. The third kappa shape index (κ3) is 3.06. The first-order chi connectivity index (χ1) is 9.85. The van der Waals surface area contributed by atoms with Gasteiger partial charge in [0.1, 0.15) is 0 Å². The molecule has 2 aromatic rings. The van der Waals surface area contributed by atoms with Crippen LogP contribution in [-0.4, -0.2) is 11.0 Å². The van der Waals surface area contributed by atoms with Gasteiger partial charge in [-0.05, 0) is 35.6 Å². The van der Waals surface area contributed by atoms with Gasteiger partial charge >= 0.3 is 0 Å². The highest BCUT2D eigenvalue weighted by molar-refractivity contribution is 5.25. The first-order valence-electron chi connectivity index (χ1n) is 7.29. The van der Waals surface area contributed by atoms with Crippen LogP contribution >= 0.6 is 0 Å². The zero-order chi connectivity index (χ0) is 13.8. The number of hydrogen-bond donors (Lipinski definition) is 2. The maximum atomic E-state index is 5.61. The number of benzene rings is 1. The van der Waals surface area contributed by atoms with Crippen LogP contribution in [0.15, 0.2) is 42.6 Å². The summed E-state index contributed by atoms with van der Waals surface area (Å²) < 4.78 is 0. The van der Waals surface area contributed by atoms with Crippen molar-refractivity contribution in [2.24, 2.45) is 5.73 Å². The van der Waals surface area contributed by atoms with E-state index in [-0.39, 0.29) is 0 Å². The number of rotatable bonds is 4. The van der Waals surface area contributed by atoms with Crippen LogP contribution in [0.3, 0.4) is 0 Å². The molecule has 1 aliphatic carbocycles. The lowest BCUT2D eigenvalue weighted by molar-refractivity contribution is 0.452. The molecule has 1 aliphatic rings. The molecule has 0 aliphatic heterocycles. The highest BCUT2D eigenvalue weighted by Gasteiger charge is 2.18. The summed E-state index contributed by atoms with van der Waals surface area (Å²) in [5, 5.41) is 3.64. The second kappa shape index (κ2) is 6.16. The van der Waals surface area contributed by atoms with E-state index in [0.29, 0.717) is 12.6 Å². The Morgan fingerprint density at radius 2 is 1.95 bits per heavy atom. The zero-order valence-corrected chi connectivity index (χ0v) is 11.7. The number of fused-ring (bicyclic) bond motifs is 1. The molecule has 0 saturated heterocycles. The van der Waals surface area contributed by atoms with Crippen LogP contribution in [0.25, 0.3) is 0 Å². The molecule has 1 aromatic heterocycles. The topological polar surface area (TPSA) is 50.9 Å². The van der Waals surface area contributed by atoms with Crippen LogP contribution in [0.2, 0.25) is 0 Å². The molecular formula is C17H21N3. The molecule has 3 nitrogen and oxygen atoms in total. The van der Waals surface area contributed by atoms with Crippen molar-refractivity contribution in [2.45, 2.75) is 38.4 Å². The van der Waals surface area contributed by atoms with E-state index in [4.69, 9.17) is 5.73 Å². The molecule has 1 heterocycles. The summed E-state index contributed by atoms with van der Waals surface area (Å²) in [6.07, 6.45) is 5.26. The van der Waals surface area contributed by atoms with Crippen LogP contribution < -0.4 is 11.1 Å². The van der Waals surface area contributed by atoms with E-state index in [1.54, 1.807) is 0 Å². The monoisotopic (exact) mass is 267 g/mol. The van der Waals surface area contributed by atoms with E-state index in [1.807, 2.05) is 12.3 Å². The summed E-state index contributed by atoms with van der Waals surface area (Å²) in [7, 11) is 0. The van der Waals surface area contributed by atoms with Crippen molar-refractivity contribution in [3.05, 3.63) is 65.0 Å². The second-order valence-corrected chi connectivity index (χ2v) is 5.45. The lowest BCUT2D eigenvalue weighted by Crippen LogP contribution is -2.34. The Bertz CT molecular complexity index is 563. The number of hydrogen-bond acceptors (Lipinski definition) is 3. The molecule has 3 rings (SSSR count). The first kappa shape index (κ1) is 13.3. The van der Waals surface area contributed by atoms with Gasteiger partial charge in [0.2, 0.25) is 0 Å². The molecule has 0 amide bonds. The molecule has 0 fully saturated rings. The molecule has 0 bridgehead atoms. The zero-order valence-electron chi connectivity index (χ0n) is 11.7. The van der Waals surface area contributed by atoms with Gasteiger partial charge in [0.15, 0.2) is 0 Å². The van der Waals surface area contributed by atoms with Crippen molar-refractivity contribution in [1.29, 1.82) is 0 Å². The van der Waals surface area contributed by atoms with Crippen molar-refractivity contribution in [3.63, 3.8) is 0 Å². The average molecular weight is 267 g/mol. The van der Waals surface area contributed by atoms with Gasteiger partial charge in [0.05, 0.1) is 0 Å². The van der Waals surface area contributed by atoms with E-state index in [1.165, 1.54) is 28.8 Å². The molecule has 1 aromatic carbocycles. The van der Waals surface area contributed by atoms with Crippen molar-refractivity contribution in [2.75, 3.05) is 0 Å². The van der Waals surface area contributed by atoms with Gasteiger partial charge in [-0.25, -0.2) is 0 Å². The number of pyridine rings is 1. The quantitative estimate of drug-likeness (QED) is 0.893. The van der Waals surface area contributed by atoms with Gasteiger partial charge in [0, 0.05) is 37.4 Å². The van der Waals surface area contributed by atoms with Crippen LogP contribution in [0, 0.1) is 0 Å². The Morgan fingerprint density at radius 3 is 2.75 bits per heavy atom. The largest absolute Gasteiger partial charge is 0.326 e. The lowest BCUT2D eigenvalue weighted by Gasteiger charge is -2.24. The predicted molar refractivity (Wildman–Crippen MR) is 81.2 cm³/mol. The lowest BCUT2D eigenvalue weighted by atomic mass is 9.92. The summed E-state index contributed by atoms with van der Waals surface area (Å²) in [6.45, 7) is 1.52. The number of aryl methyl sites for hydroxylation is 1. The summed E-state index contributed by atoms with van der Waals surface area (Å²) >= 11 is 0. The Labute approximate surface area is 120 Å². The summed E-state index contributed by atoms with van der Waals surface area (Å²) in [5.74, 6) is 0. The smallest absolute Gasteiger partial charge is 0.0451 e. The van der Waals surface area contributed by atoms with Gasteiger partial charge in [0.25, 0.3) is 0 Å². The second-order valence-electron chi connectivity index (χ2n) is 5.45. The van der Waals surface area contributed by atoms with Gasteiger partial charge in [-0.15, -0.1) is 0 Å². The number of nitrogens with zero attached hydrogens (tertiary/aromatic N) is 1. The van der Waals surface area contributed by atoms with Crippen molar-refractivity contribution in [1.82, 2.24) is 10.3 Å². The van der Waals surface area contributed by atoms with Crippen LogP contribution in [0.1, 0.15) is 28.8 Å². The molecule has 1 unspecified atom stereocenters. The van der Waals surface area contributed by atoms with E-state index in [0.717, 1.165) is 19.4 Å². The van der Waals surface area contributed by atoms with E-state index in [9.17, 15) is 0 Å². The molecule has 1 atom stereocenters. The van der Waals surface area contributed by atoms with Gasteiger partial charge in [-0.2, -0.15) is 0 Å². The average Bonchev–Trinajstić information content (AvgIpc) is 2.53. The maximum absolute atomic E-state index is 5.61. The highest BCUT2D eigenvalue weighted by atomic mass is 14.9. The third-order valence-corrected chi connectivity index (χ3v) is 4.04. The van der Waals surface area contributed by atoms with E-state index < -0.39 is 0 Å². The fourth-order valence-corrected chi connectivity index (χ4v) is 2.78. The maximum Gasteiger partial charge on any atom is 0.0451 e. The third-order valence-electron chi connectivity index (χ3n) is 4.04. The standard InChI is InChI=1S/C17H21N3/c18-11-13-3-5-14(6-4-13)12-20-16-8-7-15-2-1-9-19-17(15)10-16/h1-6,9,16,20H,7-8,10-12,18H2. The number of aromatic nitrogens is 1. The molecule has 104 valence electrons. The van der Waals surface area contributed by atoms with E-state index >= 15 is 0 Å². The van der Waals surface area contributed by atoms with Crippen LogP contribution in [0.5, 0.6) is 0 Å². The minimum Gasteiger partial charge on any atom is -0.326 e. The minimum atomic E-state index is 0.534. The minimum absolute atomic E-state index is 0.534. The molecule has 0 saturated carbocycles. The fraction of sp³-hybridized carbons (Fsp3) is 0.353. The first-order valence-corrected chi connectivity index (χ1v) is 7.29. The highest BCUT2D eigenvalue weighted by Crippen LogP contribution is 2.19. The Morgan fingerprint density at radius 1 is 1.15 bits per heavy atom. The van der Waals surface area contributed by atoms with Crippen molar-refractivity contribution >= 4 is 0 Å². The Kier molecular flexibility index (Phi) is 4.09. The molecule has 20 heavy (non-hydrogen) atoms. The predicted octanol–water partition coefficient (Wildman–Crippen LogP) is 2.19.